The number of hydrogen-bond acceptors (Lipinski definition) is 4. The van der Waals surface area contributed by atoms with E-state index in [2.05, 4.69) is 34.5 Å². The van der Waals surface area contributed by atoms with Gasteiger partial charge in [-0.1, -0.05) is 77.4 Å². The maximum atomic E-state index is 11.0. The molecule has 4 rings (SSSR count). The van der Waals surface area contributed by atoms with Gasteiger partial charge in [-0.15, -0.1) is 10.2 Å². The number of thioether (sulfide) groups is 1. The maximum absolute atomic E-state index is 11.0. The van der Waals surface area contributed by atoms with E-state index in [1.807, 2.05) is 28.8 Å². The summed E-state index contributed by atoms with van der Waals surface area (Å²) in [5.74, 6) is -0.352. The maximum Gasteiger partial charge on any atom is 0.313 e. The van der Waals surface area contributed by atoms with Gasteiger partial charge in [0, 0.05) is 6.42 Å². The van der Waals surface area contributed by atoms with Gasteiger partial charge < -0.3 is 5.11 Å². The van der Waals surface area contributed by atoms with E-state index in [-0.39, 0.29) is 5.75 Å². The average molecular weight is 444 g/mol. The molecule has 0 aliphatic carbocycles. The molecule has 0 bridgehead atoms. The minimum atomic E-state index is -0.922. The minimum absolute atomic E-state index is 0.117. The van der Waals surface area contributed by atoms with Gasteiger partial charge in [0.2, 0.25) is 0 Å². The fourth-order valence-electron chi connectivity index (χ4n) is 3.14. The van der Waals surface area contributed by atoms with Crippen LogP contribution in [-0.4, -0.2) is 31.6 Å². The normalized spacial score (nSPS) is 11.1. The first-order valence-corrected chi connectivity index (χ1v) is 10.5. The summed E-state index contributed by atoms with van der Waals surface area (Å²) >= 11 is 13.4. The lowest BCUT2D eigenvalue weighted by molar-refractivity contribution is -0.133. The van der Waals surface area contributed by atoms with E-state index in [4.69, 9.17) is 28.3 Å². The number of fused-ring (bicyclic) bond motifs is 1. The average Bonchev–Trinajstić information content (AvgIpc) is 3.11. The highest BCUT2D eigenvalue weighted by Crippen LogP contribution is 2.29. The van der Waals surface area contributed by atoms with Crippen LogP contribution in [0.2, 0.25) is 10.0 Å². The number of benzene rings is 3. The summed E-state index contributed by atoms with van der Waals surface area (Å²) in [7, 11) is 0. The highest BCUT2D eigenvalue weighted by atomic mass is 35.5. The lowest BCUT2D eigenvalue weighted by Crippen LogP contribution is -2.06. The molecule has 8 heteroatoms. The van der Waals surface area contributed by atoms with Crippen LogP contribution in [0.4, 0.5) is 0 Å². The van der Waals surface area contributed by atoms with Crippen molar-refractivity contribution in [2.24, 2.45) is 0 Å². The standard InChI is InChI=1S/C21H15Cl2N3O2S/c22-17-9-8-15(11-18(17)23)26-19(24-25-21(26)29-12-20(27)28)10-14-6-3-5-13-4-1-2-7-16(13)14/h1-9,11H,10,12H2,(H,27,28). The van der Waals surface area contributed by atoms with E-state index in [0.29, 0.717) is 27.4 Å². The Morgan fingerprint density at radius 3 is 2.59 bits per heavy atom. The summed E-state index contributed by atoms with van der Waals surface area (Å²) in [5.41, 5.74) is 1.83. The van der Waals surface area contributed by atoms with Crippen LogP contribution in [0, 0.1) is 0 Å². The zero-order valence-electron chi connectivity index (χ0n) is 15.0. The van der Waals surface area contributed by atoms with Gasteiger partial charge >= 0.3 is 5.97 Å². The van der Waals surface area contributed by atoms with Crippen molar-refractivity contribution in [2.45, 2.75) is 11.6 Å². The Morgan fingerprint density at radius 1 is 1.00 bits per heavy atom. The highest BCUT2D eigenvalue weighted by molar-refractivity contribution is 7.99. The van der Waals surface area contributed by atoms with E-state index in [1.165, 1.54) is 0 Å². The first-order valence-electron chi connectivity index (χ1n) is 8.74. The first kappa shape index (κ1) is 19.8. The van der Waals surface area contributed by atoms with Gasteiger partial charge in [0.25, 0.3) is 0 Å². The van der Waals surface area contributed by atoms with Gasteiger partial charge in [0.05, 0.1) is 21.5 Å². The van der Waals surface area contributed by atoms with E-state index in [9.17, 15) is 4.79 Å². The number of hydrogen-bond donors (Lipinski definition) is 1. The lowest BCUT2D eigenvalue weighted by atomic mass is 10.0. The van der Waals surface area contributed by atoms with Crippen LogP contribution in [0.15, 0.2) is 65.8 Å². The fraction of sp³-hybridized carbons (Fsp3) is 0.0952. The number of carbonyl (C=O) groups is 1. The number of aromatic nitrogens is 3. The van der Waals surface area contributed by atoms with Crippen molar-refractivity contribution in [3.63, 3.8) is 0 Å². The summed E-state index contributed by atoms with van der Waals surface area (Å²) in [6, 6.07) is 19.5. The second kappa shape index (κ2) is 8.45. The number of carboxylic acids is 1. The van der Waals surface area contributed by atoms with Gasteiger partial charge in [0.15, 0.2) is 5.16 Å². The van der Waals surface area contributed by atoms with Crippen LogP contribution in [0.5, 0.6) is 0 Å². The third-order valence-electron chi connectivity index (χ3n) is 4.42. The van der Waals surface area contributed by atoms with Crippen molar-refractivity contribution in [1.82, 2.24) is 14.8 Å². The molecule has 1 heterocycles. The molecule has 0 saturated carbocycles. The summed E-state index contributed by atoms with van der Waals surface area (Å²) in [6.45, 7) is 0. The van der Waals surface area contributed by atoms with E-state index >= 15 is 0 Å². The molecule has 0 atom stereocenters. The summed E-state index contributed by atoms with van der Waals surface area (Å²) in [5, 5.41) is 21.3. The van der Waals surface area contributed by atoms with E-state index < -0.39 is 5.97 Å². The Labute approximate surface area is 181 Å². The molecule has 0 saturated heterocycles. The second-order valence-corrected chi connectivity index (χ2v) is 8.09. The molecule has 0 spiro atoms. The molecule has 146 valence electrons. The van der Waals surface area contributed by atoms with Gasteiger partial charge in [-0.3, -0.25) is 9.36 Å². The van der Waals surface area contributed by atoms with Crippen LogP contribution in [-0.2, 0) is 11.2 Å². The molecule has 5 nitrogen and oxygen atoms in total. The van der Waals surface area contributed by atoms with Gasteiger partial charge in [-0.25, -0.2) is 0 Å². The molecule has 0 fully saturated rings. The Bertz CT molecular complexity index is 1200. The quantitative estimate of drug-likeness (QED) is 0.398. The van der Waals surface area contributed by atoms with Crippen LogP contribution in [0.3, 0.4) is 0 Å². The fourth-order valence-corrected chi connectivity index (χ4v) is 4.12. The van der Waals surface area contributed by atoms with Crippen molar-refractivity contribution in [1.29, 1.82) is 0 Å². The summed E-state index contributed by atoms with van der Waals surface area (Å²) in [4.78, 5) is 11.0. The minimum Gasteiger partial charge on any atom is -0.481 e. The van der Waals surface area contributed by atoms with Crippen LogP contribution < -0.4 is 0 Å². The summed E-state index contributed by atoms with van der Waals surface area (Å²) in [6.07, 6.45) is 0.530. The topological polar surface area (TPSA) is 68.0 Å². The smallest absolute Gasteiger partial charge is 0.313 e. The van der Waals surface area contributed by atoms with E-state index in [0.717, 1.165) is 33.8 Å². The molecule has 1 N–H and O–H groups in total. The number of nitrogens with zero attached hydrogens (tertiary/aromatic N) is 3. The second-order valence-electron chi connectivity index (χ2n) is 6.33. The number of carboxylic acid groups (broad SMARTS) is 1. The first-order chi connectivity index (χ1) is 14.0. The van der Waals surface area contributed by atoms with Gasteiger partial charge in [-0.05, 0) is 34.5 Å². The SMILES string of the molecule is O=C(O)CSc1nnc(Cc2cccc3ccccc23)n1-c1ccc(Cl)c(Cl)c1. The predicted molar refractivity (Wildman–Crippen MR) is 116 cm³/mol. The zero-order chi connectivity index (χ0) is 20.4. The molecule has 3 aromatic carbocycles. The zero-order valence-corrected chi connectivity index (χ0v) is 17.4. The molecule has 1 aromatic heterocycles. The van der Waals surface area contributed by atoms with Crippen molar-refractivity contribution >= 4 is 51.7 Å². The molecule has 0 aliphatic heterocycles. The van der Waals surface area contributed by atoms with Crippen molar-refractivity contribution in [3.05, 3.63) is 82.1 Å². The number of rotatable bonds is 6. The molecular weight excluding hydrogens is 429 g/mol. The molecule has 0 radical (unpaired) electrons. The van der Waals surface area contributed by atoms with Crippen LogP contribution in [0.25, 0.3) is 16.5 Å². The molecule has 0 aliphatic rings. The monoisotopic (exact) mass is 443 g/mol. The summed E-state index contributed by atoms with van der Waals surface area (Å²) < 4.78 is 1.83. The Kier molecular flexibility index (Phi) is 5.76. The molecule has 4 aromatic rings. The van der Waals surface area contributed by atoms with Crippen LogP contribution in [0.1, 0.15) is 11.4 Å². The van der Waals surface area contributed by atoms with Crippen molar-refractivity contribution in [2.75, 3.05) is 5.75 Å². The predicted octanol–water partition coefficient (Wildman–Crippen LogP) is 5.49. The van der Waals surface area contributed by atoms with Crippen molar-refractivity contribution < 1.29 is 9.90 Å². The lowest BCUT2D eigenvalue weighted by Gasteiger charge is -2.12. The Morgan fingerprint density at radius 2 is 1.79 bits per heavy atom. The Hall–Kier alpha value is -2.54. The van der Waals surface area contributed by atoms with E-state index in [1.54, 1.807) is 12.1 Å². The number of aliphatic carboxylic acids is 1. The van der Waals surface area contributed by atoms with Crippen molar-refractivity contribution in [3.8, 4) is 5.69 Å². The third-order valence-corrected chi connectivity index (χ3v) is 6.07. The third kappa shape index (κ3) is 4.24. The largest absolute Gasteiger partial charge is 0.481 e. The molecular formula is C21H15Cl2N3O2S. The Balaban J connectivity index is 1.80. The highest BCUT2D eigenvalue weighted by Gasteiger charge is 2.17. The van der Waals surface area contributed by atoms with Crippen LogP contribution >= 0.6 is 35.0 Å². The molecule has 0 amide bonds. The number of halogens is 2. The van der Waals surface area contributed by atoms with Gasteiger partial charge in [-0.2, -0.15) is 0 Å². The molecule has 29 heavy (non-hydrogen) atoms. The van der Waals surface area contributed by atoms with Gasteiger partial charge in [0.1, 0.15) is 5.82 Å². The molecule has 0 unspecified atom stereocenters.